The summed E-state index contributed by atoms with van der Waals surface area (Å²) in [6.45, 7) is 5.55. The van der Waals surface area contributed by atoms with Crippen LogP contribution in [0.1, 0.15) is 27.2 Å². The Morgan fingerprint density at radius 3 is 2.38 bits per heavy atom. The maximum absolute atomic E-state index is 11.6. The quantitative estimate of drug-likeness (QED) is 0.680. The van der Waals surface area contributed by atoms with Gasteiger partial charge in [0, 0.05) is 11.3 Å². The third-order valence-electron chi connectivity index (χ3n) is 2.27. The third-order valence-corrected chi connectivity index (χ3v) is 3.46. The zero-order valence-corrected chi connectivity index (χ0v) is 10.6. The molecule has 0 aromatic heterocycles. The molecule has 0 aromatic carbocycles. The molecule has 0 bridgehead atoms. The van der Waals surface area contributed by atoms with Crippen molar-refractivity contribution in [2.45, 2.75) is 38.3 Å². The van der Waals surface area contributed by atoms with Gasteiger partial charge in [-0.15, -0.1) is 0 Å². The average molecular weight is 246 g/mol. The van der Waals surface area contributed by atoms with E-state index in [0.717, 1.165) is 5.75 Å². The molecule has 1 unspecified atom stereocenters. The van der Waals surface area contributed by atoms with Crippen molar-refractivity contribution >= 4 is 23.8 Å². The monoisotopic (exact) mass is 246 g/mol. The largest absolute Gasteiger partial charge is 0.479 e. The fourth-order valence-electron chi connectivity index (χ4n) is 1.47. The Morgan fingerprint density at radius 1 is 1.38 bits per heavy atom. The molecule has 2 amide bonds. The number of hydrogen-bond acceptors (Lipinski definition) is 3. The predicted octanol–water partition coefficient (Wildman–Crippen LogP) is 1.04. The van der Waals surface area contributed by atoms with Crippen LogP contribution in [0, 0.1) is 0 Å². The van der Waals surface area contributed by atoms with Crippen molar-refractivity contribution in [3.8, 4) is 0 Å². The van der Waals surface area contributed by atoms with E-state index < -0.39 is 17.5 Å². The number of carbonyl (C=O) groups excluding carboxylic acids is 1. The molecular weight excluding hydrogens is 228 g/mol. The van der Waals surface area contributed by atoms with Crippen molar-refractivity contribution < 1.29 is 14.7 Å². The summed E-state index contributed by atoms with van der Waals surface area (Å²) in [7, 11) is 0. The highest BCUT2D eigenvalue weighted by atomic mass is 32.2. The summed E-state index contributed by atoms with van der Waals surface area (Å²) >= 11 is 1.55. The first kappa shape index (κ1) is 13.2. The molecule has 6 heteroatoms. The van der Waals surface area contributed by atoms with Gasteiger partial charge in [0.2, 0.25) is 0 Å². The van der Waals surface area contributed by atoms with E-state index in [1.54, 1.807) is 11.8 Å². The summed E-state index contributed by atoms with van der Waals surface area (Å²) in [6, 6.07) is -0.419. The van der Waals surface area contributed by atoms with Crippen molar-refractivity contribution in [1.29, 1.82) is 0 Å². The summed E-state index contributed by atoms with van der Waals surface area (Å²) < 4.78 is 0. The van der Waals surface area contributed by atoms with Crippen LogP contribution in [0.5, 0.6) is 0 Å². The molecule has 1 aliphatic heterocycles. The van der Waals surface area contributed by atoms with E-state index >= 15 is 0 Å². The SMILES string of the molecule is CC(C)(C)NC(=O)NC1(C(=O)O)CCSC1. The fraction of sp³-hybridized carbons (Fsp3) is 0.800. The van der Waals surface area contributed by atoms with Crippen LogP contribution in [-0.4, -0.2) is 39.7 Å². The molecule has 16 heavy (non-hydrogen) atoms. The van der Waals surface area contributed by atoms with Crippen LogP contribution >= 0.6 is 11.8 Å². The van der Waals surface area contributed by atoms with E-state index in [0.29, 0.717) is 12.2 Å². The molecule has 0 spiro atoms. The van der Waals surface area contributed by atoms with Gasteiger partial charge in [-0.05, 0) is 32.9 Å². The van der Waals surface area contributed by atoms with Crippen LogP contribution in [-0.2, 0) is 4.79 Å². The summed E-state index contributed by atoms with van der Waals surface area (Å²) in [5.41, 5.74) is -1.46. The van der Waals surface area contributed by atoms with Crippen molar-refractivity contribution in [2.24, 2.45) is 0 Å². The Morgan fingerprint density at radius 2 is 2.00 bits per heavy atom. The van der Waals surface area contributed by atoms with E-state index in [4.69, 9.17) is 5.11 Å². The minimum absolute atomic E-state index is 0.366. The number of carboxylic acids is 1. The number of rotatable bonds is 2. The van der Waals surface area contributed by atoms with Crippen LogP contribution < -0.4 is 10.6 Å². The molecule has 92 valence electrons. The van der Waals surface area contributed by atoms with Crippen molar-refractivity contribution in [3.63, 3.8) is 0 Å². The van der Waals surface area contributed by atoms with Gasteiger partial charge in [-0.2, -0.15) is 11.8 Å². The Balaban J connectivity index is 2.63. The van der Waals surface area contributed by atoms with Gasteiger partial charge in [-0.1, -0.05) is 0 Å². The van der Waals surface area contributed by atoms with E-state index in [2.05, 4.69) is 10.6 Å². The number of hydrogen-bond donors (Lipinski definition) is 3. The van der Waals surface area contributed by atoms with Gasteiger partial charge in [0.05, 0.1) is 0 Å². The maximum Gasteiger partial charge on any atom is 0.330 e. The highest BCUT2D eigenvalue weighted by Crippen LogP contribution is 2.28. The lowest BCUT2D eigenvalue weighted by Crippen LogP contribution is -2.59. The number of nitrogens with one attached hydrogen (secondary N) is 2. The number of amides is 2. The number of carboxylic acid groups (broad SMARTS) is 1. The molecule has 3 N–H and O–H groups in total. The predicted molar refractivity (Wildman–Crippen MR) is 63.7 cm³/mol. The van der Waals surface area contributed by atoms with Crippen LogP contribution in [0.2, 0.25) is 0 Å². The number of urea groups is 1. The molecule has 5 nitrogen and oxygen atoms in total. The zero-order valence-electron chi connectivity index (χ0n) is 9.79. The van der Waals surface area contributed by atoms with Crippen LogP contribution in [0.4, 0.5) is 4.79 Å². The fourth-order valence-corrected chi connectivity index (χ4v) is 2.80. The Labute approximate surface area is 99.4 Å². The van der Waals surface area contributed by atoms with Gasteiger partial charge in [0.1, 0.15) is 5.54 Å². The maximum atomic E-state index is 11.6. The summed E-state index contributed by atoms with van der Waals surface area (Å²) in [5.74, 6) is 0.240. The van der Waals surface area contributed by atoms with Crippen molar-refractivity contribution in [1.82, 2.24) is 10.6 Å². The lowest BCUT2D eigenvalue weighted by Gasteiger charge is -2.28. The molecule has 0 radical (unpaired) electrons. The number of aliphatic carboxylic acids is 1. The first-order valence-electron chi connectivity index (χ1n) is 5.17. The Kier molecular flexibility index (Phi) is 3.72. The first-order valence-corrected chi connectivity index (χ1v) is 6.32. The summed E-state index contributed by atoms with van der Waals surface area (Å²) in [6.07, 6.45) is 0.477. The van der Waals surface area contributed by atoms with Gasteiger partial charge in [0.25, 0.3) is 0 Å². The molecule has 1 saturated heterocycles. The smallest absolute Gasteiger partial charge is 0.330 e. The molecule has 1 aliphatic rings. The molecule has 1 atom stereocenters. The second kappa shape index (κ2) is 4.53. The van der Waals surface area contributed by atoms with Gasteiger partial charge in [-0.3, -0.25) is 0 Å². The molecular formula is C10H18N2O3S. The van der Waals surface area contributed by atoms with E-state index in [1.165, 1.54) is 0 Å². The first-order chi connectivity index (χ1) is 7.25. The topological polar surface area (TPSA) is 78.4 Å². The highest BCUT2D eigenvalue weighted by molar-refractivity contribution is 7.99. The van der Waals surface area contributed by atoms with Crippen molar-refractivity contribution in [2.75, 3.05) is 11.5 Å². The molecule has 1 fully saturated rings. The minimum Gasteiger partial charge on any atom is -0.479 e. The molecule has 1 heterocycles. The van der Waals surface area contributed by atoms with Crippen LogP contribution in [0.15, 0.2) is 0 Å². The Hall–Kier alpha value is -0.910. The Bertz CT molecular complexity index is 293. The van der Waals surface area contributed by atoms with E-state index in [-0.39, 0.29) is 5.54 Å². The summed E-state index contributed by atoms with van der Waals surface area (Å²) in [5, 5.41) is 14.4. The second-order valence-electron chi connectivity index (χ2n) is 5.02. The minimum atomic E-state index is -1.10. The normalized spacial score (nSPS) is 25.2. The van der Waals surface area contributed by atoms with Gasteiger partial charge >= 0.3 is 12.0 Å². The third kappa shape index (κ3) is 3.30. The highest BCUT2D eigenvalue weighted by Gasteiger charge is 2.43. The number of thioether (sulfide) groups is 1. The second-order valence-corrected chi connectivity index (χ2v) is 6.12. The zero-order chi connectivity index (χ0) is 12.4. The van der Waals surface area contributed by atoms with Crippen LogP contribution in [0.25, 0.3) is 0 Å². The summed E-state index contributed by atoms with van der Waals surface area (Å²) in [4.78, 5) is 22.8. The lowest BCUT2D eigenvalue weighted by molar-refractivity contribution is -0.143. The number of carbonyl (C=O) groups is 2. The van der Waals surface area contributed by atoms with Crippen LogP contribution in [0.3, 0.4) is 0 Å². The van der Waals surface area contributed by atoms with E-state index in [1.807, 2.05) is 20.8 Å². The van der Waals surface area contributed by atoms with Gasteiger partial charge in [0.15, 0.2) is 0 Å². The molecule has 0 aromatic rings. The van der Waals surface area contributed by atoms with Gasteiger partial charge < -0.3 is 15.7 Å². The molecule has 1 rings (SSSR count). The lowest BCUT2D eigenvalue weighted by atomic mass is 9.99. The van der Waals surface area contributed by atoms with Crippen molar-refractivity contribution in [3.05, 3.63) is 0 Å². The molecule has 0 saturated carbocycles. The molecule has 0 aliphatic carbocycles. The van der Waals surface area contributed by atoms with Gasteiger partial charge in [-0.25, -0.2) is 9.59 Å². The standard InChI is InChI=1S/C10H18N2O3S/c1-9(2,3)11-8(15)12-10(7(13)14)4-5-16-6-10/h4-6H2,1-3H3,(H,13,14)(H2,11,12,15). The van der Waals surface area contributed by atoms with E-state index in [9.17, 15) is 9.59 Å². The average Bonchev–Trinajstić information content (AvgIpc) is 2.49.